The van der Waals surface area contributed by atoms with Gasteiger partial charge in [-0.2, -0.15) is 0 Å². The number of ether oxygens (including phenoxy) is 1. The van der Waals surface area contributed by atoms with Crippen molar-refractivity contribution >= 4 is 11.9 Å². The van der Waals surface area contributed by atoms with E-state index in [2.05, 4.69) is 5.32 Å². The fourth-order valence-electron chi connectivity index (χ4n) is 2.11. The van der Waals surface area contributed by atoms with Crippen LogP contribution in [-0.2, 0) is 14.3 Å². The van der Waals surface area contributed by atoms with E-state index in [1.807, 2.05) is 13.8 Å². The minimum atomic E-state index is -1.02. The van der Waals surface area contributed by atoms with Gasteiger partial charge in [0.25, 0.3) is 0 Å². The third-order valence-electron chi connectivity index (χ3n) is 3.24. The number of carbonyl (C=O) groups is 2. The van der Waals surface area contributed by atoms with Crippen molar-refractivity contribution in [3.63, 3.8) is 0 Å². The highest BCUT2D eigenvalue weighted by atomic mass is 16.5. The number of hydrogen-bond acceptors (Lipinski definition) is 3. The highest BCUT2D eigenvalue weighted by Gasteiger charge is 2.33. The van der Waals surface area contributed by atoms with E-state index >= 15 is 0 Å². The Labute approximate surface area is 108 Å². The molecule has 0 aromatic heterocycles. The molecule has 1 heterocycles. The minimum Gasteiger partial charge on any atom is -0.481 e. The number of carboxylic acids is 1. The van der Waals surface area contributed by atoms with Crippen LogP contribution in [0.25, 0.3) is 0 Å². The van der Waals surface area contributed by atoms with Gasteiger partial charge in [-0.1, -0.05) is 0 Å². The van der Waals surface area contributed by atoms with Crippen LogP contribution in [0.15, 0.2) is 0 Å². The van der Waals surface area contributed by atoms with E-state index in [4.69, 9.17) is 9.84 Å². The Morgan fingerprint density at radius 1 is 1.44 bits per heavy atom. The van der Waals surface area contributed by atoms with Crippen LogP contribution in [0.5, 0.6) is 0 Å². The molecule has 0 aromatic rings. The van der Waals surface area contributed by atoms with Crippen molar-refractivity contribution in [3.8, 4) is 0 Å². The largest absolute Gasteiger partial charge is 0.481 e. The number of carbonyl (C=O) groups excluding carboxylic acids is 1. The zero-order valence-corrected chi connectivity index (χ0v) is 11.6. The second kappa shape index (κ2) is 5.26. The van der Waals surface area contributed by atoms with Gasteiger partial charge in [-0.05, 0) is 40.5 Å². The molecule has 1 aliphatic heterocycles. The second-order valence-corrected chi connectivity index (χ2v) is 6.23. The zero-order chi connectivity index (χ0) is 14.0. The Kier molecular flexibility index (Phi) is 4.37. The summed E-state index contributed by atoms with van der Waals surface area (Å²) < 4.78 is 5.57. The summed E-state index contributed by atoms with van der Waals surface area (Å²) >= 11 is 0. The molecule has 0 spiro atoms. The number of aliphatic carboxylic acids is 1. The van der Waals surface area contributed by atoms with Gasteiger partial charge in [0, 0.05) is 19.1 Å². The maximum Gasteiger partial charge on any atom is 0.309 e. The summed E-state index contributed by atoms with van der Waals surface area (Å²) in [5.41, 5.74) is -1.25. The predicted molar refractivity (Wildman–Crippen MR) is 67.2 cm³/mol. The molecule has 1 amide bonds. The SMILES string of the molecule is CC1(C)CC(NC(=O)CC(C)(C)C(=O)O)CCO1. The van der Waals surface area contributed by atoms with Crippen LogP contribution < -0.4 is 5.32 Å². The molecule has 5 heteroatoms. The Morgan fingerprint density at radius 3 is 2.56 bits per heavy atom. The van der Waals surface area contributed by atoms with E-state index in [0.29, 0.717) is 6.61 Å². The fraction of sp³-hybridized carbons (Fsp3) is 0.846. The van der Waals surface area contributed by atoms with Crippen LogP contribution in [0.3, 0.4) is 0 Å². The summed E-state index contributed by atoms with van der Waals surface area (Å²) in [4.78, 5) is 22.8. The van der Waals surface area contributed by atoms with Gasteiger partial charge in [-0.15, -0.1) is 0 Å². The van der Waals surface area contributed by atoms with Gasteiger partial charge in [-0.3, -0.25) is 9.59 Å². The maximum absolute atomic E-state index is 11.8. The zero-order valence-electron chi connectivity index (χ0n) is 11.6. The highest BCUT2D eigenvalue weighted by Crippen LogP contribution is 2.25. The van der Waals surface area contributed by atoms with Gasteiger partial charge in [0.2, 0.25) is 5.91 Å². The third kappa shape index (κ3) is 4.29. The van der Waals surface area contributed by atoms with E-state index in [0.717, 1.165) is 12.8 Å². The van der Waals surface area contributed by atoms with Crippen molar-refractivity contribution in [2.75, 3.05) is 6.61 Å². The molecule has 5 nitrogen and oxygen atoms in total. The van der Waals surface area contributed by atoms with Crippen molar-refractivity contribution in [2.45, 2.75) is 58.6 Å². The summed E-state index contributed by atoms with van der Waals surface area (Å²) in [6.07, 6.45) is 1.54. The fourth-order valence-corrected chi connectivity index (χ4v) is 2.11. The summed E-state index contributed by atoms with van der Waals surface area (Å²) in [5, 5.41) is 11.9. The highest BCUT2D eigenvalue weighted by molar-refractivity contribution is 5.84. The Bertz CT molecular complexity index is 336. The van der Waals surface area contributed by atoms with Crippen LogP contribution in [0, 0.1) is 5.41 Å². The molecule has 1 saturated heterocycles. The van der Waals surface area contributed by atoms with E-state index in [1.54, 1.807) is 13.8 Å². The van der Waals surface area contributed by atoms with Gasteiger partial charge in [0.05, 0.1) is 11.0 Å². The Morgan fingerprint density at radius 2 is 2.06 bits per heavy atom. The number of carboxylic acid groups (broad SMARTS) is 1. The van der Waals surface area contributed by atoms with E-state index in [1.165, 1.54) is 0 Å². The standard InChI is InChI=1S/C13H23NO4/c1-12(2,11(16)17)8-10(15)14-9-5-6-18-13(3,4)7-9/h9H,5-8H2,1-4H3,(H,14,15)(H,16,17). The maximum atomic E-state index is 11.8. The molecule has 0 aromatic carbocycles. The molecule has 104 valence electrons. The minimum absolute atomic E-state index is 0.000118. The molecule has 1 rings (SSSR count). The summed E-state index contributed by atoms with van der Waals surface area (Å²) in [7, 11) is 0. The van der Waals surface area contributed by atoms with Gasteiger partial charge >= 0.3 is 5.97 Å². The van der Waals surface area contributed by atoms with Crippen molar-refractivity contribution in [2.24, 2.45) is 5.41 Å². The van der Waals surface area contributed by atoms with Gasteiger partial charge < -0.3 is 15.2 Å². The molecule has 1 fully saturated rings. The first kappa shape index (κ1) is 15.0. The lowest BCUT2D eigenvalue weighted by atomic mass is 9.88. The molecule has 1 aliphatic rings. The molecule has 1 atom stereocenters. The number of amides is 1. The lowest BCUT2D eigenvalue weighted by Gasteiger charge is -2.36. The normalized spacial score (nSPS) is 23.4. The van der Waals surface area contributed by atoms with Crippen molar-refractivity contribution in [1.29, 1.82) is 0 Å². The smallest absolute Gasteiger partial charge is 0.309 e. The quantitative estimate of drug-likeness (QED) is 0.801. The van der Waals surface area contributed by atoms with E-state index < -0.39 is 11.4 Å². The molecule has 2 N–H and O–H groups in total. The average molecular weight is 257 g/mol. The first-order valence-electron chi connectivity index (χ1n) is 6.29. The molecule has 18 heavy (non-hydrogen) atoms. The topological polar surface area (TPSA) is 75.6 Å². The predicted octanol–water partition coefficient (Wildman–Crippen LogP) is 1.56. The van der Waals surface area contributed by atoms with Crippen molar-refractivity contribution in [3.05, 3.63) is 0 Å². The first-order valence-corrected chi connectivity index (χ1v) is 6.29. The summed E-state index contributed by atoms with van der Waals surface area (Å²) in [5.74, 6) is -1.16. The molecule has 0 radical (unpaired) electrons. The number of rotatable bonds is 4. The van der Waals surface area contributed by atoms with Crippen LogP contribution in [0.2, 0.25) is 0 Å². The van der Waals surface area contributed by atoms with Crippen LogP contribution in [-0.4, -0.2) is 35.2 Å². The molecule has 1 unspecified atom stereocenters. The molecule has 0 bridgehead atoms. The second-order valence-electron chi connectivity index (χ2n) is 6.23. The van der Waals surface area contributed by atoms with Gasteiger partial charge in [-0.25, -0.2) is 0 Å². The summed E-state index contributed by atoms with van der Waals surface area (Å²) in [6.45, 7) is 7.73. The number of nitrogens with one attached hydrogen (secondary N) is 1. The van der Waals surface area contributed by atoms with Crippen LogP contribution in [0.4, 0.5) is 0 Å². The van der Waals surface area contributed by atoms with Crippen LogP contribution >= 0.6 is 0 Å². The molecule has 0 aliphatic carbocycles. The average Bonchev–Trinajstić information content (AvgIpc) is 2.13. The van der Waals surface area contributed by atoms with Gasteiger partial charge in [0.15, 0.2) is 0 Å². The van der Waals surface area contributed by atoms with Crippen LogP contribution in [0.1, 0.15) is 47.0 Å². The monoisotopic (exact) mass is 257 g/mol. The molecular weight excluding hydrogens is 234 g/mol. The lowest BCUT2D eigenvalue weighted by molar-refractivity contribution is -0.150. The van der Waals surface area contributed by atoms with Crippen molar-refractivity contribution in [1.82, 2.24) is 5.32 Å². The Hall–Kier alpha value is -1.10. The molecule has 0 saturated carbocycles. The third-order valence-corrected chi connectivity index (χ3v) is 3.24. The number of hydrogen-bond donors (Lipinski definition) is 2. The molecular formula is C13H23NO4. The van der Waals surface area contributed by atoms with Gasteiger partial charge in [0.1, 0.15) is 0 Å². The van der Waals surface area contributed by atoms with E-state index in [9.17, 15) is 9.59 Å². The lowest BCUT2D eigenvalue weighted by Crippen LogP contribution is -2.47. The van der Waals surface area contributed by atoms with Crippen molar-refractivity contribution < 1.29 is 19.4 Å². The first-order chi connectivity index (χ1) is 8.12. The Balaban J connectivity index is 2.48. The summed E-state index contributed by atoms with van der Waals surface area (Å²) in [6, 6.07) is 0.0749. The van der Waals surface area contributed by atoms with E-state index in [-0.39, 0.29) is 24.0 Å².